The number of piperidine rings is 1. The molecular weight excluding hydrogens is 578 g/mol. The number of imidazole rings is 1. The number of rotatable bonds is 9. The van der Waals surface area contributed by atoms with E-state index in [1.807, 2.05) is 24.8 Å². The Bertz CT molecular complexity index is 1690. The van der Waals surface area contributed by atoms with Crippen LogP contribution in [0.15, 0.2) is 55.2 Å². The minimum Gasteiger partial charge on any atom is -0.369 e. The topological polar surface area (TPSA) is 113 Å². The SMILES string of the molecule is O=C1CCC(c2ccc(N3CCN(CCC4CCC(n5cc(Nc6ncc(C7CC7)n7ccnc67)cn5)CC4)CC3)cc2)C(=O)N1. The van der Waals surface area contributed by atoms with Gasteiger partial charge in [0.2, 0.25) is 11.8 Å². The molecule has 0 radical (unpaired) electrons. The third-order valence-corrected chi connectivity index (χ3v) is 10.6. The van der Waals surface area contributed by atoms with E-state index in [0.717, 1.165) is 54.8 Å². The Hall–Kier alpha value is -4.25. The van der Waals surface area contributed by atoms with Crippen molar-refractivity contribution in [1.82, 2.24) is 34.4 Å². The van der Waals surface area contributed by atoms with E-state index in [2.05, 4.69) is 65.0 Å². The zero-order valence-electron chi connectivity index (χ0n) is 26.4. The highest BCUT2D eigenvalue weighted by atomic mass is 16.2. The fourth-order valence-electron chi connectivity index (χ4n) is 7.67. The highest BCUT2D eigenvalue weighted by molar-refractivity contribution is 6.00. The third kappa shape index (κ3) is 6.12. The van der Waals surface area contributed by atoms with E-state index in [4.69, 9.17) is 10.1 Å². The van der Waals surface area contributed by atoms with Crippen molar-refractivity contribution in [2.45, 2.75) is 75.7 Å². The maximum atomic E-state index is 12.2. The van der Waals surface area contributed by atoms with Crippen LogP contribution in [-0.2, 0) is 9.59 Å². The molecule has 8 rings (SSSR count). The lowest BCUT2D eigenvalue weighted by Gasteiger charge is -2.37. The quantitative estimate of drug-likeness (QED) is 0.251. The van der Waals surface area contributed by atoms with Gasteiger partial charge in [-0.15, -0.1) is 0 Å². The molecule has 1 atom stereocenters. The molecule has 4 aliphatic rings. The number of carbonyl (C=O) groups is 2. The van der Waals surface area contributed by atoms with Gasteiger partial charge in [-0.3, -0.25) is 28.9 Å². The smallest absolute Gasteiger partial charge is 0.234 e. The van der Waals surface area contributed by atoms with Crippen LogP contribution in [0.4, 0.5) is 17.2 Å². The van der Waals surface area contributed by atoms with Crippen LogP contribution < -0.4 is 15.5 Å². The Labute approximate surface area is 269 Å². The number of nitrogens with zero attached hydrogens (tertiary/aromatic N) is 7. The van der Waals surface area contributed by atoms with E-state index >= 15 is 0 Å². The van der Waals surface area contributed by atoms with Crippen molar-refractivity contribution in [2.75, 3.05) is 42.9 Å². The second-order valence-electron chi connectivity index (χ2n) is 13.6. The van der Waals surface area contributed by atoms with Crippen LogP contribution in [0.3, 0.4) is 0 Å². The van der Waals surface area contributed by atoms with Crippen molar-refractivity contribution in [1.29, 1.82) is 0 Å². The summed E-state index contributed by atoms with van der Waals surface area (Å²) < 4.78 is 4.32. The number of fused-ring (bicyclic) bond motifs is 1. The van der Waals surface area contributed by atoms with E-state index in [0.29, 0.717) is 24.8 Å². The molecule has 1 aromatic carbocycles. The summed E-state index contributed by atoms with van der Waals surface area (Å²) in [6.07, 6.45) is 19.5. The zero-order valence-corrected chi connectivity index (χ0v) is 26.4. The molecular formula is C35H43N9O2. The van der Waals surface area contributed by atoms with Crippen LogP contribution >= 0.6 is 0 Å². The van der Waals surface area contributed by atoms with Gasteiger partial charge in [-0.2, -0.15) is 5.10 Å². The van der Waals surface area contributed by atoms with Gasteiger partial charge in [-0.05, 0) is 81.5 Å². The second kappa shape index (κ2) is 12.5. The summed E-state index contributed by atoms with van der Waals surface area (Å²) in [5.74, 6) is 1.62. The lowest BCUT2D eigenvalue weighted by atomic mass is 9.84. The number of anilines is 3. The lowest BCUT2D eigenvalue weighted by molar-refractivity contribution is -0.134. The molecule has 2 amide bonds. The molecule has 3 aromatic heterocycles. The van der Waals surface area contributed by atoms with E-state index < -0.39 is 0 Å². The molecule has 11 nitrogen and oxygen atoms in total. The average molecular weight is 622 g/mol. The molecule has 0 spiro atoms. The van der Waals surface area contributed by atoms with Crippen LogP contribution in [0.5, 0.6) is 0 Å². The highest BCUT2D eigenvalue weighted by Crippen LogP contribution is 2.40. The maximum Gasteiger partial charge on any atom is 0.234 e. The van der Waals surface area contributed by atoms with Crippen molar-refractivity contribution in [3.8, 4) is 0 Å². The predicted octanol–water partition coefficient (Wildman–Crippen LogP) is 5.01. The van der Waals surface area contributed by atoms with E-state index in [1.54, 1.807) is 0 Å². The van der Waals surface area contributed by atoms with Gasteiger partial charge >= 0.3 is 0 Å². The molecule has 240 valence electrons. The Balaban J connectivity index is 0.774. The maximum absolute atomic E-state index is 12.2. The monoisotopic (exact) mass is 621 g/mol. The predicted molar refractivity (Wildman–Crippen MR) is 176 cm³/mol. The van der Waals surface area contributed by atoms with Gasteiger partial charge < -0.3 is 10.2 Å². The highest BCUT2D eigenvalue weighted by Gasteiger charge is 2.29. The Morgan fingerprint density at radius 3 is 2.46 bits per heavy atom. The van der Waals surface area contributed by atoms with Crippen LogP contribution in [0.25, 0.3) is 5.65 Å². The molecule has 4 fully saturated rings. The molecule has 2 aliphatic carbocycles. The minimum absolute atomic E-state index is 0.166. The summed E-state index contributed by atoms with van der Waals surface area (Å²) in [5, 5.41) is 10.7. The largest absolute Gasteiger partial charge is 0.369 e. The molecule has 5 heterocycles. The summed E-state index contributed by atoms with van der Waals surface area (Å²) >= 11 is 0. The van der Waals surface area contributed by atoms with E-state index in [-0.39, 0.29) is 17.7 Å². The standard InChI is InChI=1S/C35H43N9O2/c45-32-12-11-30(35(46)40-32)25-5-9-28(10-6-25)42-19-17-41(18-20-42)15-13-24-1-7-29(8-2-24)44-23-27(21-38-44)39-33-34-36-14-16-43(34)31(22-37-33)26-3-4-26/h5-6,9-10,14,16,21-24,26,29-30H,1-4,7-8,11-13,15,17-20H2,(H,37,39)(H,40,45,46). The van der Waals surface area contributed by atoms with Gasteiger partial charge in [0.05, 0.1) is 23.8 Å². The first-order valence-electron chi connectivity index (χ1n) is 17.1. The number of imide groups is 1. The fourth-order valence-corrected chi connectivity index (χ4v) is 7.67. The number of carbonyl (C=O) groups excluding carboxylic acids is 2. The number of benzene rings is 1. The Morgan fingerprint density at radius 2 is 1.70 bits per heavy atom. The summed E-state index contributed by atoms with van der Waals surface area (Å²) in [5.41, 5.74) is 5.30. The number of hydrogen-bond acceptors (Lipinski definition) is 8. The number of nitrogens with one attached hydrogen (secondary N) is 2. The molecule has 46 heavy (non-hydrogen) atoms. The van der Waals surface area contributed by atoms with Gasteiger partial charge in [0.15, 0.2) is 11.5 Å². The summed E-state index contributed by atoms with van der Waals surface area (Å²) in [7, 11) is 0. The summed E-state index contributed by atoms with van der Waals surface area (Å²) in [4.78, 5) is 38.1. The molecule has 11 heteroatoms. The first-order chi connectivity index (χ1) is 22.6. The van der Waals surface area contributed by atoms with Gasteiger partial charge in [0.1, 0.15) is 0 Å². The lowest BCUT2D eigenvalue weighted by Crippen LogP contribution is -2.47. The number of aromatic nitrogens is 5. The van der Waals surface area contributed by atoms with E-state index in [1.165, 1.54) is 62.9 Å². The minimum atomic E-state index is -0.223. The van der Waals surface area contributed by atoms with Crippen molar-refractivity contribution < 1.29 is 9.59 Å². The Kier molecular flexibility index (Phi) is 7.93. The second-order valence-corrected chi connectivity index (χ2v) is 13.6. The third-order valence-electron chi connectivity index (χ3n) is 10.6. The molecule has 1 unspecified atom stereocenters. The zero-order chi connectivity index (χ0) is 31.0. The fraction of sp³-hybridized carbons (Fsp3) is 0.514. The molecule has 4 aromatic rings. The summed E-state index contributed by atoms with van der Waals surface area (Å²) in [6, 6.07) is 8.83. The molecule has 2 N–H and O–H groups in total. The van der Waals surface area contributed by atoms with Gasteiger partial charge in [-0.1, -0.05) is 12.1 Å². The number of amides is 2. The normalized spacial score (nSPS) is 24.3. The van der Waals surface area contributed by atoms with Gasteiger partial charge in [0.25, 0.3) is 0 Å². The number of hydrogen-bond donors (Lipinski definition) is 2. The van der Waals surface area contributed by atoms with Crippen LogP contribution in [0, 0.1) is 5.92 Å². The van der Waals surface area contributed by atoms with Crippen LogP contribution in [0.2, 0.25) is 0 Å². The first kappa shape index (κ1) is 29.2. The van der Waals surface area contributed by atoms with Gasteiger partial charge in [0, 0.05) is 74.7 Å². The van der Waals surface area contributed by atoms with Crippen molar-refractivity contribution >= 4 is 34.7 Å². The van der Waals surface area contributed by atoms with Crippen molar-refractivity contribution in [3.05, 3.63) is 66.5 Å². The van der Waals surface area contributed by atoms with Crippen molar-refractivity contribution in [3.63, 3.8) is 0 Å². The van der Waals surface area contributed by atoms with Crippen LogP contribution in [0.1, 0.15) is 86.9 Å². The molecule has 2 saturated carbocycles. The summed E-state index contributed by atoms with van der Waals surface area (Å²) in [6.45, 7) is 5.37. The average Bonchev–Trinajstić information content (AvgIpc) is 3.60. The van der Waals surface area contributed by atoms with E-state index in [9.17, 15) is 9.59 Å². The first-order valence-corrected chi connectivity index (χ1v) is 17.1. The van der Waals surface area contributed by atoms with Crippen molar-refractivity contribution in [2.24, 2.45) is 5.92 Å². The molecule has 0 bridgehead atoms. The molecule has 2 aliphatic heterocycles. The molecule has 2 saturated heterocycles. The van der Waals surface area contributed by atoms with Gasteiger partial charge in [-0.25, -0.2) is 9.97 Å². The number of piperazine rings is 1. The Morgan fingerprint density at radius 1 is 0.891 bits per heavy atom. The van der Waals surface area contributed by atoms with Crippen LogP contribution in [-0.4, -0.2) is 73.6 Å².